The number of rotatable bonds is 27. The van der Waals surface area contributed by atoms with Crippen LogP contribution in [-0.2, 0) is 48.1 Å². The monoisotopic (exact) mass is 1580 g/mol. The molecule has 1 aromatic carbocycles. The van der Waals surface area contributed by atoms with Crippen LogP contribution in [0.25, 0.3) is 0 Å². The molecule has 29 heteroatoms. The van der Waals surface area contributed by atoms with Crippen molar-refractivity contribution in [3.63, 3.8) is 0 Å². The maximum atomic E-state index is 12.3. The molecule has 1 aromatic rings. The summed E-state index contributed by atoms with van der Waals surface area (Å²) in [7, 11) is -4.47. The number of hydrogen-bond donors (Lipinski definition) is 6. The van der Waals surface area contributed by atoms with Gasteiger partial charge in [-0.3, -0.25) is 8.74 Å². The molecule has 0 radical (unpaired) electrons. The molecule has 0 unspecified atom stereocenters. The van der Waals surface area contributed by atoms with Crippen molar-refractivity contribution in [1.82, 2.24) is 31.1 Å². The molecule has 0 saturated heterocycles. The Balaban J connectivity index is -0.000000614. The van der Waals surface area contributed by atoms with Crippen LogP contribution in [0.15, 0.2) is 29.2 Å². The Labute approximate surface area is 663 Å². The van der Waals surface area contributed by atoms with E-state index in [1.54, 1.807) is 56.8 Å². The number of likely N-dealkylation sites (N-methyl/N-ethyl adjacent to an activating group) is 3. The van der Waals surface area contributed by atoms with E-state index in [0.717, 1.165) is 80.8 Å². The van der Waals surface area contributed by atoms with Crippen LogP contribution in [0.4, 0.5) is 24.0 Å². The summed E-state index contributed by atoms with van der Waals surface area (Å²) in [6, 6.07) is 7.71. The van der Waals surface area contributed by atoms with E-state index in [2.05, 4.69) is 60.5 Å². The maximum Gasteiger partial charge on any atom is 1.00 e. The van der Waals surface area contributed by atoms with Crippen molar-refractivity contribution in [1.29, 1.82) is 0 Å². The molecule has 5 rings (SSSR count). The van der Waals surface area contributed by atoms with Crippen molar-refractivity contribution in [3.8, 4) is 0 Å². The first-order chi connectivity index (χ1) is 46.6. The molecular formula is C76H152N7NaO17S2Si2. The number of nitrogens with one attached hydrogen (secondary N) is 4. The number of nitrogens with two attached hydrogens (primary N) is 1. The van der Waals surface area contributed by atoms with Gasteiger partial charge in [-0.05, 0) is 150 Å². The summed E-state index contributed by atoms with van der Waals surface area (Å²) in [6.07, 6.45) is 28.2. The summed E-state index contributed by atoms with van der Waals surface area (Å²) in [6.45, 7) is 34.8. The number of carbonyl (C=O) groups is 5. The van der Waals surface area contributed by atoms with Crippen LogP contribution >= 0.6 is 0 Å². The quantitative estimate of drug-likeness (QED) is 0.0206. The molecule has 4 fully saturated rings. The van der Waals surface area contributed by atoms with Gasteiger partial charge in [0.15, 0.2) is 0 Å². The Morgan fingerprint density at radius 2 is 0.838 bits per heavy atom. The number of alkyl carbamates (subject to hydrolysis) is 3. The molecule has 4 aliphatic carbocycles. The van der Waals surface area contributed by atoms with E-state index in [9.17, 15) is 40.8 Å². The second-order valence-electron chi connectivity index (χ2n) is 34.2. The van der Waals surface area contributed by atoms with Gasteiger partial charge in [-0.1, -0.05) is 200 Å². The van der Waals surface area contributed by atoms with Gasteiger partial charge in [-0.2, -0.15) is 16.8 Å². The Bertz CT molecular complexity index is 2720. The van der Waals surface area contributed by atoms with E-state index in [1.807, 2.05) is 55.5 Å². The minimum absolute atomic E-state index is 0. The first-order valence-electron chi connectivity index (χ1n) is 37.6. The fourth-order valence-electron chi connectivity index (χ4n) is 12.5. The predicted octanol–water partition coefficient (Wildman–Crippen LogP) is 14.2. The van der Waals surface area contributed by atoms with Gasteiger partial charge in [-0.25, -0.2) is 24.0 Å². The van der Waals surface area contributed by atoms with Gasteiger partial charge in [0, 0.05) is 62.0 Å². The zero-order valence-corrected chi connectivity index (χ0v) is 73.5. The molecule has 0 spiro atoms. The Morgan fingerprint density at radius 3 is 1.15 bits per heavy atom. The molecule has 105 heavy (non-hydrogen) atoms. The van der Waals surface area contributed by atoms with Crippen LogP contribution in [0.3, 0.4) is 0 Å². The number of carbonyl (C=O) groups excluding carboxylic acids is 5. The molecule has 8 N–H and O–H groups in total. The molecule has 5 amide bonds. The average molecular weight is 1580 g/mol. The first-order valence-corrected chi connectivity index (χ1v) is 48.3. The molecule has 0 aliphatic heterocycles. The van der Waals surface area contributed by atoms with E-state index in [0.29, 0.717) is 38.1 Å². The van der Waals surface area contributed by atoms with Gasteiger partial charge in [0.05, 0.1) is 43.1 Å². The summed E-state index contributed by atoms with van der Waals surface area (Å²) < 4.78 is 83.5. The van der Waals surface area contributed by atoms with E-state index in [-0.39, 0.29) is 104 Å². The van der Waals surface area contributed by atoms with Gasteiger partial charge in [-0.15, -0.1) is 0 Å². The van der Waals surface area contributed by atoms with E-state index in [4.69, 9.17) is 38.2 Å². The molecule has 0 bridgehead atoms. The third-order valence-electron chi connectivity index (χ3n) is 17.6. The number of amides is 5. The Kier molecular flexibility index (Phi) is 55.9. The molecule has 4 aliphatic rings. The van der Waals surface area contributed by atoms with Crippen molar-refractivity contribution in [2.75, 3.05) is 66.9 Å². The molecule has 4 atom stereocenters. The smallest absolute Gasteiger partial charge is 0.870 e. The topological polar surface area (TPSA) is 340 Å². The fraction of sp³-hybridized carbons (Fsp3) is 0.855. The predicted molar refractivity (Wildman–Crippen MR) is 428 cm³/mol. The first kappa shape index (κ1) is 108. The van der Waals surface area contributed by atoms with Crippen molar-refractivity contribution in [2.24, 2.45) is 29.4 Å². The second-order valence-corrected chi connectivity index (χ2v) is 48.5. The SMILES string of the molecule is C.C.CC(C)(C)OC(=O)N[C@H](COS(C)(=O)=O)CC1CCCCC1.CN(C[C@@H](N)CC1CCCCC1)C(=O)OCC[Si](C)(C)C.CN(C[C@H](CC1CCCCC1)NC(=O)OC(C)(C)C)C(=O)OCC[Si](C)(C)C.CNC[C@H](CC1CCCCC1)NC(=O)OC(C)(C)C.Cc1ccc(S(=O)(=O)O)cc1.[Na+].[OH-]. The zero-order chi connectivity index (χ0) is 76.8. The summed E-state index contributed by atoms with van der Waals surface area (Å²) >= 11 is 0. The fourth-order valence-corrected chi connectivity index (χ4v) is 14.8. The molecular weight excluding hydrogens is 1430 g/mol. The van der Waals surface area contributed by atoms with Crippen molar-refractivity contribution < 1.29 is 108 Å². The summed E-state index contributed by atoms with van der Waals surface area (Å²) in [4.78, 5) is 63.4. The number of hydrogen-bond acceptors (Lipinski definition) is 18. The van der Waals surface area contributed by atoms with Gasteiger partial charge < -0.3 is 66.0 Å². The Morgan fingerprint density at radius 1 is 0.533 bits per heavy atom. The number of nitrogens with zero attached hydrogens (tertiary/aromatic N) is 2. The van der Waals surface area contributed by atoms with Crippen LogP contribution in [0, 0.1) is 30.6 Å². The van der Waals surface area contributed by atoms with Crippen LogP contribution in [0.5, 0.6) is 0 Å². The second kappa shape index (κ2) is 54.4. The van der Waals surface area contributed by atoms with Crippen molar-refractivity contribution in [2.45, 2.75) is 335 Å². The minimum atomic E-state index is -4.02. The van der Waals surface area contributed by atoms with Gasteiger partial charge in [0.1, 0.15) is 16.8 Å². The van der Waals surface area contributed by atoms with Crippen LogP contribution in [0.1, 0.15) is 237 Å². The van der Waals surface area contributed by atoms with E-state index >= 15 is 0 Å². The van der Waals surface area contributed by atoms with E-state index in [1.165, 1.54) is 128 Å². The van der Waals surface area contributed by atoms with Crippen molar-refractivity contribution in [3.05, 3.63) is 29.8 Å². The normalized spacial score (nSPS) is 16.7. The van der Waals surface area contributed by atoms with Gasteiger partial charge in [0.2, 0.25) is 0 Å². The number of ether oxygens (including phenoxy) is 5. The number of benzene rings is 1. The molecule has 24 nitrogen and oxygen atoms in total. The van der Waals surface area contributed by atoms with Crippen LogP contribution < -0.4 is 56.6 Å². The minimum Gasteiger partial charge on any atom is -0.870 e. The summed E-state index contributed by atoms with van der Waals surface area (Å²) in [5.41, 5.74) is 5.60. The van der Waals surface area contributed by atoms with Gasteiger partial charge in [0.25, 0.3) is 20.2 Å². The van der Waals surface area contributed by atoms with Gasteiger partial charge >= 0.3 is 60.0 Å². The third-order valence-corrected chi connectivity index (χ3v) is 22.4. The molecule has 0 aromatic heterocycles. The Hall–Kier alpha value is -3.30. The maximum absolute atomic E-state index is 12.3. The standard InChI is InChI=1S/C21H42N2O4Si.C16H34N2O2Si.C15H30N2O2.C15H29NO5S.C7H8O3S.2CH4.Na.H2O/c1-21(2,3)27-19(24)22-18(15-17-11-9-8-10-12-17)16-23(4)20(25)26-13-14-28(5,6)7;1-18(16(19)20-10-11-21(2,3)4)13-15(17)12-14-8-6-5-7-9-14;1-15(2,3)19-14(18)17-13(11-16-4)10-12-8-6-5-7-9-12;1-15(2,3)21-14(17)16-13(11-20-22(4,18)19)10-12-8-6-5-7-9-12;1-6-2-4-7(5-3-6)11(8,9)10;;;;/h17-18H,8-16H2,1-7H3,(H,22,24);14-15H,5-13,17H2,1-4H3;12-13,16H,5-11H2,1-4H3,(H,17,18);12-13H,5-11H2,1-4H3,(H,16,17);2-5H,1H3,(H,8,9,10);2*1H4;;1H2/q;;;;;;;+1;/p-1/t18-;15-;2*13-;;;;;/m0000...../s1. The third kappa shape index (κ3) is 61.1. The zero-order valence-electron chi connectivity index (χ0n) is 67.9. The largest absolute Gasteiger partial charge is 1.00 e. The number of aryl methyl sites for hydroxylation is 1. The molecule has 4 saturated carbocycles. The molecule has 614 valence electrons. The van der Waals surface area contributed by atoms with Crippen LogP contribution in [0.2, 0.25) is 51.4 Å². The average Bonchev–Trinajstić information content (AvgIpc) is 0.864. The molecule has 0 heterocycles. The van der Waals surface area contributed by atoms with Crippen molar-refractivity contribution >= 4 is 66.9 Å². The van der Waals surface area contributed by atoms with Crippen LogP contribution in [-0.4, -0.2) is 191 Å². The summed E-state index contributed by atoms with van der Waals surface area (Å²) in [5.74, 6) is 2.59. The summed E-state index contributed by atoms with van der Waals surface area (Å²) in [5, 5.41) is 11.9. The van der Waals surface area contributed by atoms with E-state index < -0.39 is 65.4 Å².